The molecule has 0 radical (unpaired) electrons. The van der Waals surface area contributed by atoms with Crippen LogP contribution in [0.15, 0.2) is 60.7 Å². The molecule has 3 aromatic rings. The molecular weight excluding hydrogens is 302 g/mol. The number of nitrogens with zero attached hydrogens (tertiary/aromatic N) is 1. The minimum absolute atomic E-state index is 0.806. The van der Waals surface area contributed by atoms with E-state index >= 15 is 0 Å². The van der Waals surface area contributed by atoms with Gasteiger partial charge in [-0.1, -0.05) is 54.1 Å². The third-order valence-corrected chi connectivity index (χ3v) is 4.50. The van der Waals surface area contributed by atoms with Crippen molar-refractivity contribution in [2.75, 3.05) is 0 Å². The van der Waals surface area contributed by atoms with Crippen LogP contribution in [-0.2, 0) is 13.5 Å². The second-order valence-electron chi connectivity index (χ2n) is 5.96. The summed E-state index contributed by atoms with van der Waals surface area (Å²) in [6, 6.07) is 18.8. The van der Waals surface area contributed by atoms with Gasteiger partial charge in [0.05, 0.1) is 0 Å². The second-order valence-corrected chi connectivity index (χ2v) is 6.39. The lowest BCUT2D eigenvalue weighted by molar-refractivity contribution is 0.712. The fourth-order valence-electron chi connectivity index (χ4n) is 2.97. The molecule has 0 spiro atoms. The summed E-state index contributed by atoms with van der Waals surface area (Å²) in [5, 5.41) is 2.04. The quantitative estimate of drug-likeness (QED) is 0.472. The zero-order chi connectivity index (χ0) is 16.1. The molecule has 0 aliphatic carbocycles. The van der Waals surface area contributed by atoms with Crippen LogP contribution in [0.25, 0.3) is 17.0 Å². The molecule has 0 atom stereocenters. The average molecular weight is 324 g/mol. The number of halogens is 1. The van der Waals surface area contributed by atoms with Crippen LogP contribution in [0.4, 0.5) is 0 Å². The molecule has 2 heteroatoms. The van der Waals surface area contributed by atoms with Gasteiger partial charge in [0.25, 0.3) is 0 Å². The van der Waals surface area contributed by atoms with E-state index in [-0.39, 0.29) is 0 Å². The van der Waals surface area contributed by atoms with E-state index in [1.807, 2.05) is 18.2 Å². The lowest BCUT2D eigenvalue weighted by Gasteiger charge is -2.03. The number of benzene rings is 2. The van der Waals surface area contributed by atoms with E-state index in [4.69, 9.17) is 11.6 Å². The Kier molecular flexibility index (Phi) is 5.19. The second kappa shape index (κ2) is 7.52. The van der Waals surface area contributed by atoms with Crippen molar-refractivity contribution < 1.29 is 0 Å². The van der Waals surface area contributed by atoms with Crippen molar-refractivity contribution in [3.05, 3.63) is 77.0 Å². The molecule has 1 heterocycles. The molecule has 2 aromatic carbocycles. The van der Waals surface area contributed by atoms with Crippen molar-refractivity contribution in [2.45, 2.75) is 25.7 Å². The van der Waals surface area contributed by atoms with E-state index in [1.54, 1.807) is 0 Å². The van der Waals surface area contributed by atoms with E-state index in [0.29, 0.717) is 0 Å². The highest BCUT2D eigenvalue weighted by Gasteiger charge is 2.05. The fourth-order valence-corrected chi connectivity index (χ4v) is 3.15. The Hall–Kier alpha value is -1.99. The standard InChI is InChI=1S/C21H22ClN/c1-23-20(16-18-15-19(22)13-14-21(18)23)12-8-3-2-5-9-17-10-6-4-7-11-17/h4-7,9-11,13-16H,2-3,8,12H2,1H3/b9-5-. The zero-order valence-corrected chi connectivity index (χ0v) is 14.3. The summed E-state index contributed by atoms with van der Waals surface area (Å²) < 4.78 is 2.28. The predicted molar refractivity (Wildman–Crippen MR) is 101 cm³/mol. The van der Waals surface area contributed by atoms with Crippen molar-refractivity contribution in [1.82, 2.24) is 4.57 Å². The van der Waals surface area contributed by atoms with Crippen LogP contribution < -0.4 is 0 Å². The maximum atomic E-state index is 6.08. The Morgan fingerprint density at radius 1 is 1.00 bits per heavy atom. The van der Waals surface area contributed by atoms with Crippen LogP contribution in [0, 0.1) is 0 Å². The summed E-state index contributed by atoms with van der Waals surface area (Å²) >= 11 is 6.08. The third kappa shape index (κ3) is 4.05. The molecule has 0 amide bonds. The number of fused-ring (bicyclic) bond motifs is 1. The molecule has 0 unspecified atom stereocenters. The summed E-state index contributed by atoms with van der Waals surface area (Å²) in [4.78, 5) is 0. The number of aromatic nitrogens is 1. The molecule has 0 aliphatic heterocycles. The topological polar surface area (TPSA) is 4.93 Å². The van der Waals surface area contributed by atoms with Crippen LogP contribution >= 0.6 is 11.6 Å². The normalized spacial score (nSPS) is 11.6. The van der Waals surface area contributed by atoms with Crippen molar-refractivity contribution in [3.8, 4) is 0 Å². The number of rotatable bonds is 6. The lowest BCUT2D eigenvalue weighted by atomic mass is 10.1. The van der Waals surface area contributed by atoms with E-state index in [1.165, 1.54) is 35.0 Å². The number of aryl methyl sites for hydroxylation is 2. The minimum Gasteiger partial charge on any atom is -0.348 e. The van der Waals surface area contributed by atoms with E-state index < -0.39 is 0 Å². The molecule has 3 rings (SSSR count). The van der Waals surface area contributed by atoms with Gasteiger partial charge in [0, 0.05) is 28.7 Å². The number of hydrogen-bond donors (Lipinski definition) is 0. The van der Waals surface area contributed by atoms with Crippen LogP contribution in [-0.4, -0.2) is 4.57 Å². The lowest BCUT2D eigenvalue weighted by Crippen LogP contribution is -1.95. The number of unbranched alkanes of at least 4 members (excludes halogenated alkanes) is 2. The van der Waals surface area contributed by atoms with Crippen molar-refractivity contribution in [3.63, 3.8) is 0 Å². The largest absolute Gasteiger partial charge is 0.348 e. The van der Waals surface area contributed by atoms with E-state index in [2.05, 4.69) is 60.2 Å². The summed E-state index contributed by atoms with van der Waals surface area (Å²) in [6.45, 7) is 0. The monoisotopic (exact) mass is 323 g/mol. The molecule has 1 aromatic heterocycles. The maximum Gasteiger partial charge on any atom is 0.0480 e. The van der Waals surface area contributed by atoms with Crippen molar-refractivity contribution in [1.29, 1.82) is 0 Å². The molecule has 0 bridgehead atoms. The van der Waals surface area contributed by atoms with Gasteiger partial charge in [-0.05, 0) is 55.5 Å². The molecule has 0 aliphatic rings. The highest BCUT2D eigenvalue weighted by atomic mass is 35.5. The van der Waals surface area contributed by atoms with Gasteiger partial charge in [-0.3, -0.25) is 0 Å². The molecule has 23 heavy (non-hydrogen) atoms. The van der Waals surface area contributed by atoms with Gasteiger partial charge in [-0.25, -0.2) is 0 Å². The Bertz CT molecular complexity index is 799. The van der Waals surface area contributed by atoms with Crippen LogP contribution in [0.5, 0.6) is 0 Å². The first kappa shape index (κ1) is 15.9. The van der Waals surface area contributed by atoms with Crippen LogP contribution in [0.1, 0.15) is 30.5 Å². The molecule has 118 valence electrons. The highest BCUT2D eigenvalue weighted by Crippen LogP contribution is 2.23. The van der Waals surface area contributed by atoms with Gasteiger partial charge in [0.15, 0.2) is 0 Å². The van der Waals surface area contributed by atoms with Gasteiger partial charge < -0.3 is 4.57 Å². The maximum absolute atomic E-state index is 6.08. The Morgan fingerprint density at radius 3 is 2.65 bits per heavy atom. The molecule has 0 saturated carbocycles. The Labute approximate surface area is 143 Å². The minimum atomic E-state index is 0.806. The Morgan fingerprint density at radius 2 is 1.83 bits per heavy atom. The number of allylic oxidation sites excluding steroid dienone is 1. The fraction of sp³-hybridized carbons (Fsp3) is 0.238. The van der Waals surface area contributed by atoms with Gasteiger partial charge >= 0.3 is 0 Å². The molecule has 0 saturated heterocycles. The SMILES string of the molecule is Cn1c(CCCC/C=C\c2ccccc2)cc2cc(Cl)ccc21. The first-order valence-electron chi connectivity index (χ1n) is 8.19. The molecule has 0 fully saturated rings. The summed E-state index contributed by atoms with van der Waals surface area (Å²) in [7, 11) is 2.14. The highest BCUT2D eigenvalue weighted by molar-refractivity contribution is 6.31. The zero-order valence-electron chi connectivity index (χ0n) is 13.5. The van der Waals surface area contributed by atoms with E-state index in [9.17, 15) is 0 Å². The number of hydrogen-bond acceptors (Lipinski definition) is 0. The summed E-state index contributed by atoms with van der Waals surface area (Å²) in [5.74, 6) is 0. The Balaban J connectivity index is 1.51. The first-order valence-corrected chi connectivity index (χ1v) is 8.57. The van der Waals surface area contributed by atoms with E-state index in [0.717, 1.165) is 17.9 Å². The van der Waals surface area contributed by atoms with Crippen LogP contribution in [0.3, 0.4) is 0 Å². The smallest absolute Gasteiger partial charge is 0.0480 e. The third-order valence-electron chi connectivity index (χ3n) is 4.27. The van der Waals surface area contributed by atoms with Gasteiger partial charge in [-0.15, -0.1) is 0 Å². The summed E-state index contributed by atoms with van der Waals surface area (Å²) in [6.07, 6.45) is 9.14. The van der Waals surface area contributed by atoms with Crippen molar-refractivity contribution >= 4 is 28.6 Å². The van der Waals surface area contributed by atoms with Gasteiger partial charge in [-0.2, -0.15) is 0 Å². The molecular formula is C21H22ClN. The first-order chi connectivity index (χ1) is 11.2. The van der Waals surface area contributed by atoms with Crippen molar-refractivity contribution in [2.24, 2.45) is 7.05 Å². The predicted octanol–water partition coefficient (Wildman–Crippen LogP) is 6.26. The average Bonchev–Trinajstić information content (AvgIpc) is 2.87. The van der Waals surface area contributed by atoms with Gasteiger partial charge in [0.2, 0.25) is 0 Å². The molecule has 1 nitrogen and oxygen atoms in total. The summed E-state index contributed by atoms with van der Waals surface area (Å²) in [5.41, 5.74) is 3.92. The van der Waals surface area contributed by atoms with Gasteiger partial charge in [0.1, 0.15) is 0 Å². The molecule has 0 N–H and O–H groups in total. The van der Waals surface area contributed by atoms with Crippen LogP contribution in [0.2, 0.25) is 5.02 Å².